The first kappa shape index (κ1) is 23.9. The van der Waals surface area contributed by atoms with Gasteiger partial charge in [-0.2, -0.15) is 4.68 Å². The van der Waals surface area contributed by atoms with Gasteiger partial charge in [-0.05, 0) is 60.7 Å². The van der Waals surface area contributed by atoms with E-state index in [0.29, 0.717) is 12.5 Å². The highest BCUT2D eigenvalue weighted by Gasteiger charge is 2.39. The van der Waals surface area contributed by atoms with Gasteiger partial charge in [0.15, 0.2) is 5.82 Å². The Morgan fingerprint density at radius 1 is 1.00 bits per heavy atom. The fraction of sp³-hybridized carbons (Fsp3) is 0.333. The average molecular weight is 482 g/mol. The van der Waals surface area contributed by atoms with Crippen LogP contribution in [0.2, 0.25) is 0 Å². The number of nitrogens with zero attached hydrogens (tertiary/aromatic N) is 4. The summed E-state index contributed by atoms with van der Waals surface area (Å²) < 4.78 is 1.55. The van der Waals surface area contributed by atoms with Crippen molar-refractivity contribution in [3.8, 4) is 0 Å². The number of carbonyl (C=O) groups excluding carboxylic acids is 1. The molecule has 2 aromatic carbocycles. The molecule has 0 atom stereocenters. The van der Waals surface area contributed by atoms with Crippen molar-refractivity contribution < 1.29 is 4.79 Å². The van der Waals surface area contributed by atoms with Crippen molar-refractivity contribution in [3.63, 3.8) is 0 Å². The number of nitrogens with one attached hydrogen (secondary N) is 1. The maximum Gasteiger partial charge on any atom is 0.270 e. The molecule has 6 nitrogen and oxygen atoms in total. The molecular formula is C30H35N5O. The van der Waals surface area contributed by atoms with E-state index in [1.165, 1.54) is 23.6 Å². The molecule has 3 aromatic rings. The molecule has 2 aliphatic carbocycles. The summed E-state index contributed by atoms with van der Waals surface area (Å²) in [7, 11) is 8.20. The minimum absolute atomic E-state index is 0.206. The second-order valence-electron chi connectivity index (χ2n) is 10.3. The molecule has 1 fully saturated rings. The summed E-state index contributed by atoms with van der Waals surface area (Å²) in [6.07, 6.45) is 9.93. The van der Waals surface area contributed by atoms with Crippen LogP contribution in [-0.2, 0) is 11.8 Å². The zero-order valence-electron chi connectivity index (χ0n) is 21.7. The van der Waals surface area contributed by atoms with Crippen LogP contribution < -0.4 is 15.1 Å². The number of fused-ring (bicyclic) bond motifs is 1. The van der Waals surface area contributed by atoms with Crippen LogP contribution in [0.5, 0.6) is 0 Å². The second-order valence-corrected chi connectivity index (χ2v) is 10.3. The summed E-state index contributed by atoms with van der Waals surface area (Å²) in [4.78, 5) is 17.1. The number of benzene rings is 2. The summed E-state index contributed by atoms with van der Waals surface area (Å²) in [6, 6.07) is 17.9. The van der Waals surface area contributed by atoms with Crippen LogP contribution in [0, 0.1) is 0 Å². The second kappa shape index (κ2) is 9.34. The molecule has 0 saturated heterocycles. The van der Waals surface area contributed by atoms with Crippen LogP contribution in [0.1, 0.15) is 46.4 Å². The van der Waals surface area contributed by atoms with Gasteiger partial charge in [0.2, 0.25) is 0 Å². The maximum absolute atomic E-state index is 12.9. The zero-order chi connectivity index (χ0) is 25.4. The Balaban J connectivity index is 1.65. The molecule has 0 radical (unpaired) electrons. The highest BCUT2D eigenvalue weighted by atomic mass is 16.2. The van der Waals surface area contributed by atoms with Gasteiger partial charge in [-0.3, -0.25) is 4.79 Å². The van der Waals surface area contributed by atoms with Crippen LogP contribution >= 0.6 is 0 Å². The molecule has 0 spiro atoms. The molecule has 0 amide bonds. The Labute approximate surface area is 213 Å². The van der Waals surface area contributed by atoms with Gasteiger partial charge in [0.25, 0.3) is 5.91 Å². The number of hydrogen-bond donors (Lipinski definition) is 1. The van der Waals surface area contributed by atoms with Gasteiger partial charge in [0, 0.05) is 63.0 Å². The van der Waals surface area contributed by atoms with E-state index in [1.807, 2.05) is 28.2 Å². The van der Waals surface area contributed by atoms with E-state index in [0.717, 1.165) is 41.3 Å². The van der Waals surface area contributed by atoms with Crippen LogP contribution in [0.25, 0.3) is 6.08 Å². The molecule has 0 bridgehead atoms. The van der Waals surface area contributed by atoms with E-state index in [4.69, 9.17) is 5.10 Å². The van der Waals surface area contributed by atoms with Gasteiger partial charge in [-0.15, -0.1) is 5.10 Å². The van der Waals surface area contributed by atoms with Crippen molar-refractivity contribution >= 4 is 29.2 Å². The lowest BCUT2D eigenvalue weighted by Crippen LogP contribution is -2.32. The molecule has 1 heterocycles. The van der Waals surface area contributed by atoms with E-state index < -0.39 is 5.41 Å². The first-order valence-electron chi connectivity index (χ1n) is 12.6. The van der Waals surface area contributed by atoms with E-state index in [9.17, 15) is 4.79 Å². The normalized spacial score (nSPS) is 16.1. The van der Waals surface area contributed by atoms with E-state index in [2.05, 4.69) is 82.4 Å². The third-order valence-electron chi connectivity index (χ3n) is 7.63. The molecule has 1 saturated carbocycles. The summed E-state index contributed by atoms with van der Waals surface area (Å²) in [5.41, 5.74) is 6.14. The fourth-order valence-corrected chi connectivity index (χ4v) is 5.16. The van der Waals surface area contributed by atoms with Gasteiger partial charge < -0.3 is 15.1 Å². The molecule has 2 aliphatic rings. The Morgan fingerprint density at radius 3 is 2.00 bits per heavy atom. The van der Waals surface area contributed by atoms with Crippen molar-refractivity contribution in [2.45, 2.75) is 37.1 Å². The third kappa shape index (κ3) is 4.11. The molecule has 0 unspecified atom stereocenters. The van der Waals surface area contributed by atoms with E-state index in [1.54, 1.807) is 4.68 Å². The summed E-state index contributed by atoms with van der Waals surface area (Å²) in [5, 5.41) is 8.30. The van der Waals surface area contributed by atoms with Gasteiger partial charge in [-0.25, -0.2) is 0 Å². The zero-order valence-corrected chi connectivity index (χ0v) is 21.7. The maximum atomic E-state index is 12.9. The van der Waals surface area contributed by atoms with Crippen LogP contribution in [0.3, 0.4) is 0 Å². The lowest BCUT2D eigenvalue weighted by atomic mass is 9.68. The molecule has 186 valence electrons. The first-order valence-corrected chi connectivity index (χ1v) is 12.6. The van der Waals surface area contributed by atoms with Crippen molar-refractivity contribution in [3.05, 3.63) is 89.6 Å². The molecule has 6 heteroatoms. The Kier molecular flexibility index (Phi) is 6.20. The van der Waals surface area contributed by atoms with Crippen LogP contribution in [-0.4, -0.2) is 49.9 Å². The number of anilines is 3. The van der Waals surface area contributed by atoms with Crippen molar-refractivity contribution in [1.82, 2.24) is 9.78 Å². The standard InChI is InChI=1S/C30H35N5O/c1-6-28(36)35-27-20-30(21-10-14-24(15-11-21)33(2)3,22-12-16-25(17-13-22)34(4)5)19-18-26(27)29(32-35)31-23-8-7-9-23/h6,10-19,23H,1,7-9,20H2,2-5H3,(H,31,32). The van der Waals surface area contributed by atoms with E-state index in [-0.39, 0.29) is 5.91 Å². The molecular weight excluding hydrogens is 446 g/mol. The largest absolute Gasteiger partial charge is 0.378 e. The van der Waals surface area contributed by atoms with Crippen molar-refractivity contribution in [1.29, 1.82) is 0 Å². The summed E-state index contributed by atoms with van der Waals surface area (Å²) >= 11 is 0. The Morgan fingerprint density at radius 2 is 1.56 bits per heavy atom. The monoisotopic (exact) mass is 481 g/mol. The van der Waals surface area contributed by atoms with Crippen LogP contribution in [0.4, 0.5) is 17.2 Å². The SMILES string of the molecule is C=CC(=O)n1nc(NC2CCC2)c2c1CC(c1ccc(N(C)C)cc1)(c1ccc(N(C)C)cc1)C=C2. The van der Waals surface area contributed by atoms with Gasteiger partial charge in [0.05, 0.1) is 5.69 Å². The fourth-order valence-electron chi connectivity index (χ4n) is 5.16. The van der Waals surface area contributed by atoms with Crippen molar-refractivity contribution in [2.24, 2.45) is 0 Å². The topological polar surface area (TPSA) is 53.4 Å². The molecule has 5 rings (SSSR count). The predicted octanol–water partition coefficient (Wildman–Crippen LogP) is 5.36. The third-order valence-corrected chi connectivity index (χ3v) is 7.63. The van der Waals surface area contributed by atoms with E-state index >= 15 is 0 Å². The molecule has 0 aliphatic heterocycles. The minimum atomic E-state index is -0.435. The highest BCUT2D eigenvalue weighted by Crippen LogP contribution is 2.44. The quantitative estimate of drug-likeness (QED) is 0.461. The number of rotatable bonds is 7. The number of allylic oxidation sites excluding steroid dienone is 2. The smallest absolute Gasteiger partial charge is 0.270 e. The molecule has 36 heavy (non-hydrogen) atoms. The van der Waals surface area contributed by atoms with Gasteiger partial charge >= 0.3 is 0 Å². The lowest BCUT2D eigenvalue weighted by molar-refractivity contribution is 0.0950. The Bertz CT molecular complexity index is 1240. The first-order chi connectivity index (χ1) is 17.3. The van der Waals surface area contributed by atoms with Gasteiger partial charge in [-0.1, -0.05) is 43.0 Å². The average Bonchev–Trinajstić information content (AvgIpc) is 3.23. The van der Waals surface area contributed by atoms with Crippen LogP contribution in [0.15, 0.2) is 67.3 Å². The number of hydrogen-bond acceptors (Lipinski definition) is 5. The number of aromatic nitrogens is 2. The summed E-state index contributed by atoms with van der Waals surface area (Å²) in [6.45, 7) is 3.73. The lowest BCUT2D eigenvalue weighted by Gasteiger charge is -2.35. The highest BCUT2D eigenvalue weighted by molar-refractivity contribution is 5.91. The predicted molar refractivity (Wildman–Crippen MR) is 149 cm³/mol. The number of carbonyl (C=O) groups is 1. The summed E-state index contributed by atoms with van der Waals surface area (Å²) in [5.74, 6) is 0.587. The molecule has 1 aromatic heterocycles. The molecule has 1 N–H and O–H groups in total. The van der Waals surface area contributed by atoms with Crippen molar-refractivity contribution in [2.75, 3.05) is 43.3 Å². The van der Waals surface area contributed by atoms with Gasteiger partial charge in [0.1, 0.15) is 0 Å². The minimum Gasteiger partial charge on any atom is -0.378 e. The Hall–Kier alpha value is -3.80.